The Kier molecular flexibility index (Phi) is 3.72. The third-order valence-electron chi connectivity index (χ3n) is 3.12. The molecular formula is C15H14N2O3S. The number of aryl methyl sites for hydroxylation is 1. The molecular weight excluding hydrogens is 288 g/mol. The van der Waals surface area contributed by atoms with E-state index >= 15 is 0 Å². The zero-order valence-electron chi connectivity index (χ0n) is 11.4. The maximum Gasteiger partial charge on any atom is 0.260 e. The summed E-state index contributed by atoms with van der Waals surface area (Å²) in [6.45, 7) is 2.14. The SMILES string of the molecule is Cc1csc2nc(-c3ccc(OCCO)cc3)[nH]c(=O)c12. The molecule has 0 unspecified atom stereocenters. The lowest BCUT2D eigenvalue weighted by atomic mass is 10.2. The third kappa shape index (κ3) is 2.68. The molecule has 2 heterocycles. The van der Waals surface area contributed by atoms with Gasteiger partial charge in [-0.15, -0.1) is 11.3 Å². The van der Waals surface area contributed by atoms with Gasteiger partial charge in [-0.2, -0.15) is 0 Å². The first-order valence-electron chi connectivity index (χ1n) is 6.51. The molecule has 0 amide bonds. The Hall–Kier alpha value is -2.18. The van der Waals surface area contributed by atoms with Gasteiger partial charge in [0.05, 0.1) is 12.0 Å². The van der Waals surface area contributed by atoms with Crippen molar-refractivity contribution in [1.29, 1.82) is 0 Å². The van der Waals surface area contributed by atoms with E-state index < -0.39 is 0 Å². The molecule has 0 atom stereocenters. The number of aromatic amines is 1. The molecule has 108 valence electrons. The van der Waals surface area contributed by atoms with Crippen molar-refractivity contribution in [3.63, 3.8) is 0 Å². The van der Waals surface area contributed by atoms with Crippen molar-refractivity contribution in [3.8, 4) is 17.1 Å². The van der Waals surface area contributed by atoms with Gasteiger partial charge in [0.2, 0.25) is 0 Å². The van der Waals surface area contributed by atoms with Gasteiger partial charge >= 0.3 is 0 Å². The molecule has 0 radical (unpaired) electrons. The van der Waals surface area contributed by atoms with Gasteiger partial charge in [-0.3, -0.25) is 4.79 Å². The summed E-state index contributed by atoms with van der Waals surface area (Å²) < 4.78 is 5.30. The zero-order chi connectivity index (χ0) is 14.8. The summed E-state index contributed by atoms with van der Waals surface area (Å²) in [5.41, 5.74) is 1.65. The van der Waals surface area contributed by atoms with E-state index in [4.69, 9.17) is 9.84 Å². The van der Waals surface area contributed by atoms with Crippen molar-refractivity contribution in [1.82, 2.24) is 9.97 Å². The number of rotatable bonds is 4. The van der Waals surface area contributed by atoms with Gasteiger partial charge in [0.25, 0.3) is 5.56 Å². The second-order valence-electron chi connectivity index (χ2n) is 4.61. The van der Waals surface area contributed by atoms with Crippen LogP contribution in [0.1, 0.15) is 5.56 Å². The Balaban J connectivity index is 1.98. The standard InChI is InChI=1S/C15H14N2O3S/c1-9-8-21-15-12(9)14(19)16-13(17-15)10-2-4-11(5-3-10)20-7-6-18/h2-5,8,18H,6-7H2,1H3,(H,16,17,19). The normalized spacial score (nSPS) is 11.0. The summed E-state index contributed by atoms with van der Waals surface area (Å²) in [4.78, 5) is 20.2. The molecule has 0 aliphatic carbocycles. The van der Waals surface area contributed by atoms with E-state index in [1.54, 1.807) is 12.1 Å². The van der Waals surface area contributed by atoms with Crippen LogP contribution < -0.4 is 10.3 Å². The Morgan fingerprint density at radius 1 is 1.33 bits per heavy atom. The van der Waals surface area contributed by atoms with Gasteiger partial charge in [-0.05, 0) is 42.1 Å². The number of aliphatic hydroxyl groups is 1. The van der Waals surface area contributed by atoms with Crippen LogP contribution in [0.2, 0.25) is 0 Å². The largest absolute Gasteiger partial charge is 0.491 e. The molecule has 6 heteroatoms. The molecule has 0 saturated carbocycles. The second-order valence-corrected chi connectivity index (χ2v) is 5.47. The lowest BCUT2D eigenvalue weighted by molar-refractivity contribution is 0.201. The fourth-order valence-corrected chi connectivity index (χ4v) is 3.02. The maximum atomic E-state index is 12.1. The molecule has 21 heavy (non-hydrogen) atoms. The van der Waals surface area contributed by atoms with E-state index in [0.717, 1.165) is 16.0 Å². The van der Waals surface area contributed by atoms with Gasteiger partial charge in [0.1, 0.15) is 23.0 Å². The van der Waals surface area contributed by atoms with Crippen LogP contribution in [0.15, 0.2) is 34.4 Å². The Morgan fingerprint density at radius 2 is 2.10 bits per heavy atom. The number of benzene rings is 1. The minimum absolute atomic E-state index is 0.0228. The molecule has 3 aromatic rings. The molecule has 0 spiro atoms. The van der Waals surface area contributed by atoms with Gasteiger partial charge in [-0.25, -0.2) is 4.98 Å². The van der Waals surface area contributed by atoms with Crippen molar-refractivity contribution in [3.05, 3.63) is 45.6 Å². The maximum absolute atomic E-state index is 12.1. The molecule has 0 bridgehead atoms. The average Bonchev–Trinajstić information content (AvgIpc) is 2.87. The number of H-pyrrole nitrogens is 1. The van der Waals surface area contributed by atoms with Crippen LogP contribution in [-0.2, 0) is 0 Å². The highest BCUT2D eigenvalue weighted by Crippen LogP contribution is 2.24. The van der Waals surface area contributed by atoms with Gasteiger partial charge < -0.3 is 14.8 Å². The molecule has 2 N–H and O–H groups in total. The summed E-state index contributed by atoms with van der Waals surface area (Å²) >= 11 is 1.47. The summed E-state index contributed by atoms with van der Waals surface area (Å²) in [6, 6.07) is 7.23. The minimum atomic E-state index is -0.116. The highest BCUT2D eigenvalue weighted by Gasteiger charge is 2.09. The lowest BCUT2D eigenvalue weighted by Gasteiger charge is -2.05. The molecule has 0 aliphatic rings. The fourth-order valence-electron chi connectivity index (χ4n) is 2.10. The van der Waals surface area contributed by atoms with E-state index in [-0.39, 0.29) is 18.8 Å². The lowest BCUT2D eigenvalue weighted by Crippen LogP contribution is -2.09. The Bertz CT molecular complexity index is 821. The molecule has 3 rings (SSSR count). The third-order valence-corrected chi connectivity index (χ3v) is 4.11. The molecule has 0 aliphatic heterocycles. The van der Waals surface area contributed by atoms with E-state index in [1.807, 2.05) is 24.4 Å². The van der Waals surface area contributed by atoms with E-state index in [9.17, 15) is 4.79 Å². The van der Waals surface area contributed by atoms with Crippen molar-refractivity contribution in [2.24, 2.45) is 0 Å². The number of fused-ring (bicyclic) bond motifs is 1. The molecule has 1 aromatic carbocycles. The molecule has 0 saturated heterocycles. The first-order valence-corrected chi connectivity index (χ1v) is 7.39. The number of aliphatic hydroxyl groups excluding tert-OH is 1. The fraction of sp³-hybridized carbons (Fsp3) is 0.200. The summed E-state index contributed by atoms with van der Waals surface area (Å²) in [5, 5.41) is 11.3. The minimum Gasteiger partial charge on any atom is -0.491 e. The average molecular weight is 302 g/mol. The molecule has 5 nitrogen and oxygen atoms in total. The smallest absolute Gasteiger partial charge is 0.260 e. The predicted molar refractivity (Wildman–Crippen MR) is 83.0 cm³/mol. The van der Waals surface area contributed by atoms with E-state index in [2.05, 4.69) is 9.97 Å². The van der Waals surface area contributed by atoms with Crippen molar-refractivity contribution in [2.75, 3.05) is 13.2 Å². The number of hydrogen-bond donors (Lipinski definition) is 2. The van der Waals surface area contributed by atoms with Gasteiger partial charge in [0, 0.05) is 5.56 Å². The topological polar surface area (TPSA) is 75.2 Å². The van der Waals surface area contributed by atoms with E-state index in [0.29, 0.717) is 17.0 Å². The monoisotopic (exact) mass is 302 g/mol. The number of aromatic nitrogens is 2. The first kappa shape index (κ1) is 13.8. The summed E-state index contributed by atoms with van der Waals surface area (Å²) in [5.74, 6) is 1.21. The van der Waals surface area contributed by atoms with Crippen LogP contribution in [0, 0.1) is 6.92 Å². The van der Waals surface area contributed by atoms with Gasteiger partial charge in [-0.1, -0.05) is 0 Å². The quantitative estimate of drug-likeness (QED) is 0.775. The van der Waals surface area contributed by atoms with Crippen LogP contribution in [-0.4, -0.2) is 28.3 Å². The Labute approximate surface area is 124 Å². The highest BCUT2D eigenvalue weighted by molar-refractivity contribution is 7.16. The van der Waals surface area contributed by atoms with Gasteiger partial charge in [0.15, 0.2) is 0 Å². The van der Waals surface area contributed by atoms with Crippen molar-refractivity contribution >= 4 is 21.6 Å². The summed E-state index contributed by atoms with van der Waals surface area (Å²) in [6.07, 6.45) is 0. The number of ether oxygens (including phenoxy) is 1. The predicted octanol–water partition coefficient (Wildman–Crippen LogP) is 2.33. The summed E-state index contributed by atoms with van der Waals surface area (Å²) in [7, 11) is 0. The van der Waals surface area contributed by atoms with Crippen LogP contribution in [0.4, 0.5) is 0 Å². The van der Waals surface area contributed by atoms with Crippen molar-refractivity contribution in [2.45, 2.75) is 6.92 Å². The second kappa shape index (κ2) is 5.67. The zero-order valence-corrected chi connectivity index (χ0v) is 12.2. The van der Waals surface area contributed by atoms with Crippen LogP contribution in [0.25, 0.3) is 21.6 Å². The Morgan fingerprint density at radius 3 is 2.81 bits per heavy atom. The molecule has 2 aromatic heterocycles. The number of thiophene rings is 1. The highest BCUT2D eigenvalue weighted by atomic mass is 32.1. The van der Waals surface area contributed by atoms with Crippen LogP contribution in [0.3, 0.4) is 0 Å². The number of nitrogens with zero attached hydrogens (tertiary/aromatic N) is 1. The van der Waals surface area contributed by atoms with Crippen LogP contribution in [0.5, 0.6) is 5.75 Å². The van der Waals surface area contributed by atoms with Crippen LogP contribution >= 0.6 is 11.3 Å². The first-order chi connectivity index (χ1) is 10.2. The number of hydrogen-bond acceptors (Lipinski definition) is 5. The molecule has 0 fully saturated rings. The van der Waals surface area contributed by atoms with E-state index in [1.165, 1.54) is 11.3 Å². The number of nitrogens with one attached hydrogen (secondary N) is 1. The van der Waals surface area contributed by atoms with Crippen molar-refractivity contribution < 1.29 is 9.84 Å².